The van der Waals surface area contributed by atoms with E-state index in [1.165, 1.54) is 0 Å². The van der Waals surface area contributed by atoms with E-state index in [0.717, 1.165) is 4.47 Å². The zero-order valence-electron chi connectivity index (χ0n) is 10.0. The number of amides is 1. The van der Waals surface area contributed by atoms with Gasteiger partial charge in [0.2, 0.25) is 0 Å². The van der Waals surface area contributed by atoms with Gasteiger partial charge in [0.25, 0.3) is 5.91 Å². The van der Waals surface area contributed by atoms with E-state index in [4.69, 9.17) is 0 Å². The van der Waals surface area contributed by atoms with E-state index in [1.807, 2.05) is 0 Å². The number of sulfone groups is 1. The van der Waals surface area contributed by atoms with Crippen LogP contribution in [0.4, 0.5) is 0 Å². The average molecular weight is 411 g/mol. The van der Waals surface area contributed by atoms with Crippen LogP contribution >= 0.6 is 31.9 Å². The van der Waals surface area contributed by atoms with Gasteiger partial charge in [0.15, 0.2) is 9.84 Å². The molecule has 0 bridgehead atoms. The fourth-order valence-corrected chi connectivity index (χ4v) is 4.94. The maximum absolute atomic E-state index is 12.1. The summed E-state index contributed by atoms with van der Waals surface area (Å²) in [4.78, 5) is 12.1. The van der Waals surface area contributed by atoms with Crippen LogP contribution in [0.1, 0.15) is 23.2 Å². The van der Waals surface area contributed by atoms with Crippen LogP contribution in [0.15, 0.2) is 27.1 Å². The summed E-state index contributed by atoms with van der Waals surface area (Å²) >= 11 is 6.64. The smallest absolute Gasteiger partial charge is 0.252 e. The Balaban J connectivity index is 2.09. The van der Waals surface area contributed by atoms with Crippen LogP contribution < -0.4 is 5.32 Å². The summed E-state index contributed by atoms with van der Waals surface area (Å²) < 4.78 is 24.6. The first-order valence-electron chi connectivity index (χ1n) is 5.84. The maximum atomic E-state index is 12.1. The molecular formula is C12H13Br2NO3S. The van der Waals surface area contributed by atoms with Gasteiger partial charge in [-0.1, -0.05) is 15.9 Å². The van der Waals surface area contributed by atoms with Gasteiger partial charge in [0.1, 0.15) is 0 Å². The highest BCUT2D eigenvalue weighted by Gasteiger charge is 2.26. The van der Waals surface area contributed by atoms with E-state index in [-0.39, 0.29) is 23.5 Å². The lowest BCUT2D eigenvalue weighted by Gasteiger charge is -2.23. The number of halogens is 2. The summed E-state index contributed by atoms with van der Waals surface area (Å²) in [6.45, 7) is 0. The van der Waals surface area contributed by atoms with Crippen LogP contribution in [0.25, 0.3) is 0 Å². The number of benzene rings is 1. The first kappa shape index (κ1) is 15.0. The first-order valence-corrected chi connectivity index (χ1v) is 9.24. The standard InChI is InChI=1S/C12H13Br2NO3S/c13-8-3-4-10(11(14)6-8)12(16)15-9-2-1-5-19(17,18)7-9/h3-4,6,9H,1-2,5,7H2,(H,15,16). The highest BCUT2D eigenvalue weighted by Crippen LogP contribution is 2.22. The summed E-state index contributed by atoms with van der Waals surface area (Å²) in [7, 11) is -3.01. The van der Waals surface area contributed by atoms with Crippen molar-refractivity contribution in [1.29, 1.82) is 0 Å². The van der Waals surface area contributed by atoms with Crippen molar-refractivity contribution in [1.82, 2.24) is 5.32 Å². The average Bonchev–Trinajstić information content (AvgIpc) is 2.27. The third kappa shape index (κ3) is 4.03. The molecule has 0 aliphatic carbocycles. The summed E-state index contributed by atoms with van der Waals surface area (Å²) in [6, 6.07) is 4.96. The number of rotatable bonds is 2. The number of carbonyl (C=O) groups is 1. The van der Waals surface area contributed by atoms with Gasteiger partial charge >= 0.3 is 0 Å². The van der Waals surface area contributed by atoms with Crippen LogP contribution in [0.2, 0.25) is 0 Å². The Morgan fingerprint density at radius 2 is 2.05 bits per heavy atom. The molecule has 19 heavy (non-hydrogen) atoms. The Kier molecular flexibility index (Phi) is 4.68. The Bertz CT molecular complexity index is 601. The van der Waals surface area contributed by atoms with Crippen LogP contribution in [0.3, 0.4) is 0 Å². The van der Waals surface area contributed by atoms with Crippen LogP contribution in [0, 0.1) is 0 Å². The second-order valence-corrected chi connectivity index (χ2v) is 8.55. The fourth-order valence-electron chi connectivity index (χ4n) is 2.07. The molecule has 1 aliphatic rings. The van der Waals surface area contributed by atoms with Crippen molar-refractivity contribution in [2.75, 3.05) is 11.5 Å². The second-order valence-electron chi connectivity index (χ2n) is 4.55. The van der Waals surface area contributed by atoms with Gasteiger partial charge in [-0.15, -0.1) is 0 Å². The molecule has 4 nitrogen and oxygen atoms in total. The van der Waals surface area contributed by atoms with Gasteiger partial charge in [-0.05, 0) is 47.0 Å². The molecule has 1 amide bonds. The van der Waals surface area contributed by atoms with E-state index in [9.17, 15) is 13.2 Å². The van der Waals surface area contributed by atoms with Gasteiger partial charge in [-0.25, -0.2) is 8.42 Å². The molecule has 1 saturated heterocycles. The normalized spacial score (nSPS) is 21.9. The molecule has 1 aliphatic heterocycles. The highest BCUT2D eigenvalue weighted by atomic mass is 79.9. The summed E-state index contributed by atoms with van der Waals surface area (Å²) in [5.41, 5.74) is 0.506. The van der Waals surface area contributed by atoms with Crippen molar-refractivity contribution in [3.05, 3.63) is 32.7 Å². The molecule has 1 heterocycles. The first-order chi connectivity index (χ1) is 8.87. The van der Waals surface area contributed by atoms with Crippen molar-refractivity contribution >= 4 is 47.6 Å². The number of nitrogens with one attached hydrogen (secondary N) is 1. The molecule has 1 unspecified atom stereocenters. The van der Waals surface area contributed by atoms with Crippen molar-refractivity contribution in [3.8, 4) is 0 Å². The lowest BCUT2D eigenvalue weighted by molar-refractivity contribution is 0.0937. The lowest BCUT2D eigenvalue weighted by atomic mass is 10.1. The molecule has 1 aromatic carbocycles. The minimum Gasteiger partial charge on any atom is -0.348 e. The van der Waals surface area contributed by atoms with Gasteiger partial charge in [-0.3, -0.25) is 4.79 Å². The van der Waals surface area contributed by atoms with Gasteiger partial charge in [0.05, 0.1) is 17.1 Å². The van der Waals surface area contributed by atoms with Crippen LogP contribution in [-0.4, -0.2) is 31.9 Å². The molecular weight excluding hydrogens is 398 g/mol. The predicted octanol–water partition coefficient (Wildman–Crippen LogP) is 2.52. The summed E-state index contributed by atoms with van der Waals surface area (Å²) in [5.74, 6) is 0.00954. The molecule has 104 valence electrons. The summed E-state index contributed by atoms with van der Waals surface area (Å²) in [5, 5.41) is 2.79. The lowest BCUT2D eigenvalue weighted by Crippen LogP contribution is -2.43. The third-order valence-electron chi connectivity index (χ3n) is 2.97. The van der Waals surface area contributed by atoms with Crippen molar-refractivity contribution in [2.45, 2.75) is 18.9 Å². The number of carbonyl (C=O) groups excluding carboxylic acids is 1. The van der Waals surface area contributed by atoms with Crippen LogP contribution in [-0.2, 0) is 9.84 Å². The molecule has 0 aromatic heterocycles. The van der Waals surface area contributed by atoms with Gasteiger partial charge < -0.3 is 5.32 Å². The molecule has 1 aromatic rings. The van der Waals surface area contributed by atoms with Gasteiger partial charge in [-0.2, -0.15) is 0 Å². The molecule has 1 atom stereocenters. The minimum atomic E-state index is -3.01. The predicted molar refractivity (Wildman–Crippen MR) is 81.0 cm³/mol. The maximum Gasteiger partial charge on any atom is 0.252 e. The van der Waals surface area contributed by atoms with E-state index in [2.05, 4.69) is 37.2 Å². The Labute approximate surface area is 129 Å². The van der Waals surface area contributed by atoms with Crippen molar-refractivity contribution in [3.63, 3.8) is 0 Å². The largest absolute Gasteiger partial charge is 0.348 e. The zero-order chi connectivity index (χ0) is 14.0. The molecule has 1 N–H and O–H groups in total. The molecule has 0 spiro atoms. The molecule has 2 rings (SSSR count). The van der Waals surface area contributed by atoms with Crippen LogP contribution in [0.5, 0.6) is 0 Å². The minimum absolute atomic E-state index is 0.0346. The van der Waals surface area contributed by atoms with E-state index < -0.39 is 9.84 Å². The van der Waals surface area contributed by atoms with E-state index in [0.29, 0.717) is 22.9 Å². The Hall–Kier alpha value is -0.400. The van der Waals surface area contributed by atoms with E-state index >= 15 is 0 Å². The highest BCUT2D eigenvalue weighted by molar-refractivity contribution is 9.11. The van der Waals surface area contributed by atoms with Crippen molar-refractivity contribution < 1.29 is 13.2 Å². The quantitative estimate of drug-likeness (QED) is 0.814. The monoisotopic (exact) mass is 409 g/mol. The molecule has 0 radical (unpaired) electrons. The Morgan fingerprint density at radius 3 is 2.68 bits per heavy atom. The fraction of sp³-hybridized carbons (Fsp3) is 0.417. The second kappa shape index (κ2) is 5.93. The van der Waals surface area contributed by atoms with Crippen molar-refractivity contribution in [2.24, 2.45) is 0 Å². The SMILES string of the molecule is O=C(NC1CCCS(=O)(=O)C1)c1ccc(Br)cc1Br. The third-order valence-corrected chi connectivity index (χ3v) is 5.94. The van der Waals surface area contributed by atoms with E-state index in [1.54, 1.807) is 18.2 Å². The molecule has 0 saturated carbocycles. The molecule has 1 fully saturated rings. The zero-order valence-corrected chi connectivity index (χ0v) is 14.0. The number of hydrogen-bond donors (Lipinski definition) is 1. The topological polar surface area (TPSA) is 63.2 Å². The summed E-state index contributed by atoms with van der Waals surface area (Å²) in [6.07, 6.45) is 1.31. The molecule has 7 heteroatoms. The van der Waals surface area contributed by atoms with Gasteiger partial charge in [0, 0.05) is 15.0 Å². The Morgan fingerprint density at radius 1 is 1.32 bits per heavy atom. The number of hydrogen-bond acceptors (Lipinski definition) is 3.